The Bertz CT molecular complexity index is 845. The number of hydrogen-bond donors (Lipinski definition) is 2. The molecule has 7 heteroatoms. The first-order valence-corrected chi connectivity index (χ1v) is 11.5. The number of anilines is 2. The molecule has 0 bridgehead atoms. The highest BCUT2D eigenvalue weighted by Gasteiger charge is 2.31. The van der Waals surface area contributed by atoms with Crippen molar-refractivity contribution in [1.82, 2.24) is 20.2 Å². The number of benzene rings is 1. The van der Waals surface area contributed by atoms with Crippen LogP contribution in [0.3, 0.4) is 0 Å². The van der Waals surface area contributed by atoms with E-state index in [9.17, 15) is 4.79 Å². The van der Waals surface area contributed by atoms with Gasteiger partial charge in [0.15, 0.2) is 0 Å². The lowest BCUT2D eigenvalue weighted by molar-refractivity contribution is -0.127. The van der Waals surface area contributed by atoms with Crippen LogP contribution in [0.5, 0.6) is 0 Å². The summed E-state index contributed by atoms with van der Waals surface area (Å²) in [5.74, 6) is 1.59. The molecule has 7 nitrogen and oxygen atoms in total. The maximum atomic E-state index is 12.7. The summed E-state index contributed by atoms with van der Waals surface area (Å²) < 4.78 is 0. The number of piperidine rings is 2. The van der Waals surface area contributed by atoms with E-state index in [4.69, 9.17) is 5.73 Å². The van der Waals surface area contributed by atoms with Crippen LogP contribution in [0.1, 0.15) is 36.9 Å². The molecule has 0 unspecified atom stereocenters. The van der Waals surface area contributed by atoms with Crippen molar-refractivity contribution in [2.75, 3.05) is 43.4 Å². The van der Waals surface area contributed by atoms with Crippen molar-refractivity contribution in [1.29, 1.82) is 0 Å². The Morgan fingerprint density at radius 2 is 1.90 bits per heavy atom. The van der Waals surface area contributed by atoms with Gasteiger partial charge in [-0.3, -0.25) is 9.69 Å². The van der Waals surface area contributed by atoms with Crippen molar-refractivity contribution in [3.05, 3.63) is 47.7 Å². The number of aromatic nitrogens is 2. The largest absolute Gasteiger partial charge is 0.368 e. The number of carbonyl (C=O) groups excluding carboxylic acids is 1. The van der Waals surface area contributed by atoms with Gasteiger partial charge in [-0.1, -0.05) is 30.3 Å². The maximum Gasteiger partial charge on any atom is 0.224 e. The van der Waals surface area contributed by atoms with Gasteiger partial charge in [-0.25, -0.2) is 4.98 Å². The Balaban J connectivity index is 1.24. The summed E-state index contributed by atoms with van der Waals surface area (Å²) in [4.78, 5) is 26.2. The fourth-order valence-corrected chi connectivity index (χ4v) is 4.87. The molecule has 2 saturated heterocycles. The van der Waals surface area contributed by atoms with Crippen molar-refractivity contribution in [3.63, 3.8) is 0 Å². The third-order valence-corrected chi connectivity index (χ3v) is 6.54. The van der Waals surface area contributed by atoms with E-state index in [1.165, 1.54) is 5.56 Å². The highest BCUT2D eigenvalue weighted by Crippen LogP contribution is 2.26. The van der Waals surface area contributed by atoms with E-state index in [1.807, 2.05) is 31.2 Å². The number of nitrogens with one attached hydrogen (secondary N) is 1. The van der Waals surface area contributed by atoms with E-state index < -0.39 is 0 Å². The zero-order valence-electron chi connectivity index (χ0n) is 18.5. The Hall–Kier alpha value is -2.67. The second-order valence-electron chi connectivity index (χ2n) is 8.80. The number of hydrogen-bond acceptors (Lipinski definition) is 6. The lowest BCUT2D eigenvalue weighted by atomic mass is 9.93. The average molecular weight is 423 g/mol. The highest BCUT2D eigenvalue weighted by molar-refractivity contribution is 5.79. The van der Waals surface area contributed by atoms with Crippen LogP contribution in [0.25, 0.3) is 0 Å². The molecule has 31 heavy (non-hydrogen) atoms. The van der Waals surface area contributed by atoms with E-state index in [0.29, 0.717) is 18.5 Å². The Kier molecular flexibility index (Phi) is 7.02. The van der Waals surface area contributed by atoms with Crippen LogP contribution in [-0.4, -0.2) is 59.5 Å². The van der Waals surface area contributed by atoms with Crippen molar-refractivity contribution in [2.24, 2.45) is 5.92 Å². The molecular weight excluding hydrogens is 388 g/mol. The number of amides is 1. The van der Waals surface area contributed by atoms with Gasteiger partial charge in [0.2, 0.25) is 11.9 Å². The molecule has 0 spiro atoms. The van der Waals surface area contributed by atoms with Gasteiger partial charge in [-0.05, 0) is 51.1 Å². The quantitative estimate of drug-likeness (QED) is 0.743. The molecule has 0 aliphatic carbocycles. The van der Waals surface area contributed by atoms with Gasteiger partial charge in [0, 0.05) is 44.0 Å². The van der Waals surface area contributed by atoms with E-state index in [2.05, 4.69) is 37.2 Å². The van der Waals surface area contributed by atoms with Gasteiger partial charge in [-0.2, -0.15) is 4.98 Å². The summed E-state index contributed by atoms with van der Waals surface area (Å²) in [5, 5.41) is 3.16. The normalized spacial score (nSPS) is 20.5. The molecule has 2 aliphatic heterocycles. The van der Waals surface area contributed by atoms with Crippen molar-refractivity contribution in [2.45, 2.75) is 45.1 Å². The third kappa shape index (κ3) is 5.73. The Morgan fingerprint density at radius 1 is 1.13 bits per heavy atom. The molecule has 3 N–H and O–H groups in total. The van der Waals surface area contributed by atoms with E-state index in [-0.39, 0.29) is 11.8 Å². The summed E-state index contributed by atoms with van der Waals surface area (Å²) in [5.41, 5.74) is 8.00. The molecule has 1 atom stereocenters. The molecule has 3 heterocycles. The van der Waals surface area contributed by atoms with Crippen LogP contribution >= 0.6 is 0 Å². The monoisotopic (exact) mass is 422 g/mol. The molecule has 4 rings (SSSR count). The van der Waals surface area contributed by atoms with Gasteiger partial charge in [0.25, 0.3) is 0 Å². The lowest BCUT2D eigenvalue weighted by Crippen LogP contribution is -2.51. The SMILES string of the molecule is Cc1cc(N2CCC(N3CCC[C@@H](C(=O)NCCc4ccccc4)C3)CC2)nc(N)n1. The number of nitrogens with two attached hydrogens (primary N) is 1. The highest BCUT2D eigenvalue weighted by atomic mass is 16.1. The first-order chi connectivity index (χ1) is 15.1. The Labute approximate surface area is 185 Å². The van der Waals surface area contributed by atoms with Crippen LogP contribution in [0.2, 0.25) is 0 Å². The number of nitrogen functional groups attached to an aromatic ring is 1. The second-order valence-corrected chi connectivity index (χ2v) is 8.80. The van der Waals surface area contributed by atoms with Crippen molar-refractivity contribution in [3.8, 4) is 0 Å². The number of likely N-dealkylation sites (tertiary alicyclic amines) is 1. The van der Waals surface area contributed by atoms with Crippen molar-refractivity contribution >= 4 is 17.7 Å². The molecule has 2 fully saturated rings. The molecule has 1 aromatic heterocycles. The standard InChI is InChI=1S/C24H34N6O/c1-18-16-22(28-24(25)27-18)29-14-10-21(11-15-29)30-13-5-8-20(17-30)23(31)26-12-9-19-6-3-2-4-7-19/h2-4,6-7,16,20-21H,5,8-15,17H2,1H3,(H,26,31)(H2,25,27,28)/t20-/m1/s1. The molecular formula is C24H34N6O. The van der Waals surface area contributed by atoms with Gasteiger partial charge < -0.3 is 16.0 Å². The molecule has 2 aromatic rings. The number of nitrogens with zero attached hydrogens (tertiary/aromatic N) is 4. The van der Waals surface area contributed by atoms with Crippen LogP contribution in [-0.2, 0) is 11.2 Å². The molecule has 2 aliphatic rings. The number of aryl methyl sites for hydroxylation is 1. The number of rotatable bonds is 6. The predicted octanol–water partition coefficient (Wildman–Crippen LogP) is 2.41. The smallest absolute Gasteiger partial charge is 0.224 e. The minimum atomic E-state index is 0.104. The molecule has 1 amide bonds. The lowest BCUT2D eigenvalue weighted by Gasteiger charge is -2.42. The van der Waals surface area contributed by atoms with Gasteiger partial charge in [0.05, 0.1) is 5.92 Å². The summed E-state index contributed by atoms with van der Waals surface area (Å²) in [6, 6.07) is 12.9. The predicted molar refractivity (Wildman–Crippen MR) is 124 cm³/mol. The molecule has 1 aromatic carbocycles. The fourth-order valence-electron chi connectivity index (χ4n) is 4.87. The number of carbonyl (C=O) groups is 1. The summed E-state index contributed by atoms with van der Waals surface area (Å²) in [7, 11) is 0. The molecule has 166 valence electrons. The summed E-state index contributed by atoms with van der Waals surface area (Å²) >= 11 is 0. The van der Waals surface area contributed by atoms with Gasteiger partial charge in [-0.15, -0.1) is 0 Å². The van der Waals surface area contributed by atoms with E-state index >= 15 is 0 Å². The topological polar surface area (TPSA) is 87.4 Å². The molecule has 0 saturated carbocycles. The molecule has 0 radical (unpaired) electrons. The van der Waals surface area contributed by atoms with Crippen molar-refractivity contribution < 1.29 is 4.79 Å². The van der Waals surface area contributed by atoms with Crippen LogP contribution in [0.4, 0.5) is 11.8 Å². The fraction of sp³-hybridized carbons (Fsp3) is 0.542. The summed E-state index contributed by atoms with van der Waals surface area (Å²) in [6.45, 7) is 6.56. The zero-order valence-corrected chi connectivity index (χ0v) is 18.5. The van der Waals surface area contributed by atoms with E-state index in [0.717, 1.165) is 69.8 Å². The first kappa shape index (κ1) is 21.6. The second kappa shape index (κ2) is 10.1. The Morgan fingerprint density at radius 3 is 2.65 bits per heavy atom. The van der Waals surface area contributed by atoms with Crippen LogP contribution in [0.15, 0.2) is 36.4 Å². The zero-order chi connectivity index (χ0) is 21.6. The third-order valence-electron chi connectivity index (χ3n) is 6.54. The van der Waals surface area contributed by atoms with Crippen LogP contribution in [0, 0.1) is 12.8 Å². The maximum absolute atomic E-state index is 12.7. The van der Waals surface area contributed by atoms with Crippen LogP contribution < -0.4 is 16.0 Å². The summed E-state index contributed by atoms with van der Waals surface area (Å²) in [6.07, 6.45) is 5.15. The van der Waals surface area contributed by atoms with E-state index in [1.54, 1.807) is 0 Å². The average Bonchev–Trinajstić information content (AvgIpc) is 2.79. The first-order valence-electron chi connectivity index (χ1n) is 11.5. The minimum Gasteiger partial charge on any atom is -0.368 e. The van der Waals surface area contributed by atoms with Gasteiger partial charge in [0.1, 0.15) is 5.82 Å². The van der Waals surface area contributed by atoms with Gasteiger partial charge >= 0.3 is 0 Å². The minimum absolute atomic E-state index is 0.104.